The number of carbonyl (C=O) groups is 2. The van der Waals surface area contributed by atoms with E-state index in [4.69, 9.17) is 4.84 Å². The van der Waals surface area contributed by atoms with E-state index in [2.05, 4.69) is 10.8 Å². The van der Waals surface area contributed by atoms with Gasteiger partial charge in [-0.25, -0.2) is 5.48 Å². The molecule has 0 aromatic rings. The minimum atomic E-state index is -0.404. The first-order chi connectivity index (χ1) is 7.25. The molecule has 2 N–H and O–H groups in total. The van der Waals surface area contributed by atoms with Crippen LogP contribution < -0.4 is 10.8 Å². The number of hydrogen-bond acceptors (Lipinski definition) is 3. The maximum absolute atomic E-state index is 11.5. The van der Waals surface area contributed by atoms with Crippen LogP contribution in [0.3, 0.4) is 0 Å². The molecule has 1 aliphatic heterocycles. The molecular weight excluding hydrogens is 196 g/mol. The van der Waals surface area contributed by atoms with Gasteiger partial charge >= 0.3 is 0 Å². The molecule has 2 rings (SSSR count). The second kappa shape index (κ2) is 4.61. The van der Waals surface area contributed by atoms with E-state index in [9.17, 15) is 9.59 Å². The van der Waals surface area contributed by atoms with Crippen LogP contribution in [0.15, 0.2) is 0 Å². The number of rotatable bonds is 3. The molecule has 5 heteroatoms. The molecule has 0 aromatic carbocycles. The monoisotopic (exact) mass is 212 g/mol. The Balaban J connectivity index is 1.70. The zero-order valence-electron chi connectivity index (χ0n) is 8.62. The van der Waals surface area contributed by atoms with Gasteiger partial charge in [0, 0.05) is 6.42 Å². The van der Waals surface area contributed by atoms with Gasteiger partial charge in [0.05, 0.1) is 6.10 Å². The summed E-state index contributed by atoms with van der Waals surface area (Å²) in [4.78, 5) is 27.6. The average Bonchev–Trinajstić information content (AvgIpc) is 2.84. The van der Waals surface area contributed by atoms with Gasteiger partial charge in [0.15, 0.2) is 0 Å². The lowest BCUT2D eigenvalue weighted by atomic mass is 10.2. The predicted molar refractivity (Wildman–Crippen MR) is 52.6 cm³/mol. The summed E-state index contributed by atoms with van der Waals surface area (Å²) < 4.78 is 0. The highest BCUT2D eigenvalue weighted by molar-refractivity contribution is 5.90. The molecule has 15 heavy (non-hydrogen) atoms. The van der Waals surface area contributed by atoms with E-state index >= 15 is 0 Å². The van der Waals surface area contributed by atoms with Gasteiger partial charge in [-0.2, -0.15) is 0 Å². The highest BCUT2D eigenvalue weighted by Gasteiger charge is 2.28. The fourth-order valence-corrected chi connectivity index (χ4v) is 2.03. The molecule has 1 atom stereocenters. The molecule has 1 heterocycles. The highest BCUT2D eigenvalue weighted by atomic mass is 16.7. The standard InChI is InChI=1S/C10H16N2O3/c13-9-6-5-8(11-9)10(14)12-15-7-3-1-2-4-7/h7-8H,1-6H2,(H,11,13)(H,12,14)/t8-/m0/s1. The summed E-state index contributed by atoms with van der Waals surface area (Å²) in [5.41, 5.74) is 2.43. The zero-order chi connectivity index (χ0) is 10.7. The summed E-state index contributed by atoms with van der Waals surface area (Å²) in [5, 5.41) is 2.60. The SMILES string of the molecule is O=C1CC[C@@H](C(=O)NOC2CCCC2)N1. The summed E-state index contributed by atoms with van der Waals surface area (Å²) >= 11 is 0. The zero-order valence-corrected chi connectivity index (χ0v) is 8.62. The van der Waals surface area contributed by atoms with Gasteiger partial charge in [0.2, 0.25) is 5.91 Å². The van der Waals surface area contributed by atoms with E-state index in [-0.39, 0.29) is 17.9 Å². The van der Waals surface area contributed by atoms with Crippen molar-refractivity contribution in [1.29, 1.82) is 0 Å². The van der Waals surface area contributed by atoms with Crippen LogP contribution >= 0.6 is 0 Å². The van der Waals surface area contributed by atoms with Gasteiger partial charge in [-0.15, -0.1) is 0 Å². The third-order valence-electron chi connectivity index (χ3n) is 2.94. The molecule has 2 fully saturated rings. The molecular formula is C10H16N2O3. The lowest BCUT2D eigenvalue weighted by Gasteiger charge is -2.14. The molecule has 2 aliphatic rings. The van der Waals surface area contributed by atoms with Crippen molar-refractivity contribution in [1.82, 2.24) is 10.8 Å². The Hall–Kier alpha value is -1.10. The summed E-state index contributed by atoms with van der Waals surface area (Å²) in [6.45, 7) is 0. The summed E-state index contributed by atoms with van der Waals surface area (Å²) in [5.74, 6) is -0.288. The highest BCUT2D eigenvalue weighted by Crippen LogP contribution is 2.20. The molecule has 2 amide bonds. The van der Waals surface area contributed by atoms with Crippen molar-refractivity contribution in [3.05, 3.63) is 0 Å². The van der Waals surface area contributed by atoms with Crippen LogP contribution in [0.2, 0.25) is 0 Å². The number of hydroxylamine groups is 1. The molecule has 1 aliphatic carbocycles. The van der Waals surface area contributed by atoms with E-state index in [1.165, 1.54) is 12.8 Å². The van der Waals surface area contributed by atoms with Crippen LogP contribution in [0.1, 0.15) is 38.5 Å². The van der Waals surface area contributed by atoms with Crippen LogP contribution in [0.25, 0.3) is 0 Å². The van der Waals surface area contributed by atoms with E-state index in [0.717, 1.165) is 12.8 Å². The van der Waals surface area contributed by atoms with Gasteiger partial charge in [-0.3, -0.25) is 14.4 Å². The molecule has 84 valence electrons. The minimum Gasteiger partial charge on any atom is -0.344 e. The molecule has 5 nitrogen and oxygen atoms in total. The Morgan fingerprint density at radius 2 is 2.07 bits per heavy atom. The van der Waals surface area contributed by atoms with Crippen molar-refractivity contribution in [2.75, 3.05) is 0 Å². The number of amides is 2. The van der Waals surface area contributed by atoms with Gasteiger partial charge in [-0.1, -0.05) is 12.8 Å². The molecule has 1 saturated carbocycles. The normalized spacial score (nSPS) is 26.7. The Morgan fingerprint density at radius 1 is 1.33 bits per heavy atom. The second-order valence-corrected chi connectivity index (χ2v) is 4.15. The van der Waals surface area contributed by atoms with Crippen molar-refractivity contribution < 1.29 is 14.4 Å². The van der Waals surface area contributed by atoms with Crippen LogP contribution in [-0.4, -0.2) is 24.0 Å². The van der Waals surface area contributed by atoms with Gasteiger partial charge in [0.25, 0.3) is 5.91 Å². The van der Waals surface area contributed by atoms with Crippen LogP contribution in [0, 0.1) is 0 Å². The van der Waals surface area contributed by atoms with Crippen molar-refractivity contribution in [2.45, 2.75) is 50.7 Å². The second-order valence-electron chi connectivity index (χ2n) is 4.15. The first kappa shape index (κ1) is 10.4. The predicted octanol–water partition coefficient (Wildman–Crippen LogP) is 0.255. The lowest BCUT2D eigenvalue weighted by Crippen LogP contribution is -2.42. The van der Waals surface area contributed by atoms with Crippen molar-refractivity contribution in [3.63, 3.8) is 0 Å². The Labute approximate surface area is 88.5 Å². The quantitative estimate of drug-likeness (QED) is 0.659. The van der Waals surface area contributed by atoms with Crippen LogP contribution in [0.4, 0.5) is 0 Å². The summed E-state index contributed by atoms with van der Waals surface area (Å²) in [7, 11) is 0. The maximum atomic E-state index is 11.5. The van der Waals surface area contributed by atoms with Crippen LogP contribution in [-0.2, 0) is 14.4 Å². The third-order valence-corrected chi connectivity index (χ3v) is 2.94. The lowest BCUT2D eigenvalue weighted by molar-refractivity contribution is -0.140. The number of nitrogens with one attached hydrogen (secondary N) is 2. The molecule has 0 aromatic heterocycles. The molecule has 0 unspecified atom stereocenters. The average molecular weight is 212 g/mol. The summed E-state index contributed by atoms with van der Waals surface area (Å²) in [6, 6.07) is -0.404. The number of carbonyl (C=O) groups excluding carboxylic acids is 2. The fourth-order valence-electron chi connectivity index (χ4n) is 2.03. The number of hydrogen-bond donors (Lipinski definition) is 2. The molecule has 1 saturated heterocycles. The van der Waals surface area contributed by atoms with Crippen LogP contribution in [0.5, 0.6) is 0 Å². The van der Waals surface area contributed by atoms with Gasteiger partial charge in [-0.05, 0) is 19.3 Å². The topological polar surface area (TPSA) is 67.4 Å². The molecule has 0 spiro atoms. The minimum absolute atomic E-state index is 0.0592. The first-order valence-electron chi connectivity index (χ1n) is 5.50. The fraction of sp³-hybridized carbons (Fsp3) is 0.800. The van der Waals surface area contributed by atoms with Gasteiger partial charge < -0.3 is 5.32 Å². The Bertz CT molecular complexity index is 261. The van der Waals surface area contributed by atoms with Crippen molar-refractivity contribution in [3.8, 4) is 0 Å². The van der Waals surface area contributed by atoms with Crippen molar-refractivity contribution in [2.24, 2.45) is 0 Å². The van der Waals surface area contributed by atoms with Crippen molar-refractivity contribution >= 4 is 11.8 Å². The summed E-state index contributed by atoms with van der Waals surface area (Å²) in [6.07, 6.45) is 5.52. The van der Waals surface area contributed by atoms with E-state index in [1.807, 2.05) is 0 Å². The molecule has 0 bridgehead atoms. The molecule has 0 radical (unpaired) electrons. The Kier molecular flexibility index (Phi) is 3.20. The smallest absolute Gasteiger partial charge is 0.266 e. The Morgan fingerprint density at radius 3 is 2.67 bits per heavy atom. The van der Waals surface area contributed by atoms with E-state index < -0.39 is 6.04 Å². The largest absolute Gasteiger partial charge is 0.344 e. The third kappa shape index (κ3) is 2.68. The van der Waals surface area contributed by atoms with Gasteiger partial charge in [0.1, 0.15) is 6.04 Å². The maximum Gasteiger partial charge on any atom is 0.266 e. The first-order valence-corrected chi connectivity index (χ1v) is 5.50. The van der Waals surface area contributed by atoms with E-state index in [1.54, 1.807) is 0 Å². The van der Waals surface area contributed by atoms with E-state index in [0.29, 0.717) is 12.8 Å².